The third kappa shape index (κ3) is 3.91. The minimum atomic E-state index is -0.249. The number of aromatic nitrogens is 2. The van der Waals surface area contributed by atoms with Crippen LogP contribution in [0.4, 0.5) is 6.01 Å². The predicted octanol–water partition coefficient (Wildman–Crippen LogP) is 2.92. The summed E-state index contributed by atoms with van der Waals surface area (Å²) in [6, 6.07) is 0.430. The molecule has 6 heteroatoms. The topological polar surface area (TPSA) is 51.0 Å². The molecular formula is C9H16ClN3OS. The van der Waals surface area contributed by atoms with Crippen LogP contribution in [0.1, 0.15) is 32.0 Å². The molecular weight excluding hydrogens is 234 g/mol. The molecule has 15 heavy (non-hydrogen) atoms. The third-order valence-corrected chi connectivity index (χ3v) is 3.44. The molecule has 0 fully saturated rings. The van der Waals surface area contributed by atoms with E-state index in [4.69, 9.17) is 16.0 Å². The average molecular weight is 250 g/mol. The highest BCUT2D eigenvalue weighted by atomic mass is 35.5. The van der Waals surface area contributed by atoms with Crippen LogP contribution in [0.25, 0.3) is 0 Å². The number of thioether (sulfide) groups is 1. The Morgan fingerprint density at radius 1 is 1.53 bits per heavy atom. The summed E-state index contributed by atoms with van der Waals surface area (Å²) in [6.07, 6.45) is 2.07. The normalized spacial score (nSPS) is 13.9. The molecule has 0 saturated carbocycles. The maximum absolute atomic E-state index is 5.81. The molecule has 0 aliphatic carbocycles. The van der Waals surface area contributed by atoms with E-state index in [0.717, 1.165) is 6.54 Å². The van der Waals surface area contributed by atoms with E-state index in [-0.39, 0.29) is 10.1 Å². The molecule has 0 saturated heterocycles. The van der Waals surface area contributed by atoms with Crippen molar-refractivity contribution < 1.29 is 4.42 Å². The molecule has 0 aliphatic rings. The molecule has 1 unspecified atom stereocenters. The van der Waals surface area contributed by atoms with Gasteiger partial charge in [-0.2, -0.15) is 11.8 Å². The quantitative estimate of drug-likeness (QED) is 0.814. The van der Waals surface area contributed by atoms with Crippen LogP contribution in [-0.4, -0.2) is 27.7 Å². The lowest BCUT2D eigenvalue weighted by atomic mass is 10.2. The second kappa shape index (κ2) is 5.07. The summed E-state index contributed by atoms with van der Waals surface area (Å²) in [5.41, 5.74) is 0. The first kappa shape index (κ1) is 12.6. The molecule has 1 N–H and O–H groups in total. The second-order valence-corrected chi connectivity index (χ2v) is 6.05. The van der Waals surface area contributed by atoms with Crippen molar-refractivity contribution in [3.05, 3.63) is 5.89 Å². The fourth-order valence-corrected chi connectivity index (χ4v) is 1.13. The maximum Gasteiger partial charge on any atom is 0.315 e. The summed E-state index contributed by atoms with van der Waals surface area (Å²) in [5.74, 6) is 0.445. The molecule has 0 bridgehead atoms. The van der Waals surface area contributed by atoms with Gasteiger partial charge in [0.25, 0.3) is 0 Å². The number of nitrogens with one attached hydrogen (secondary N) is 1. The first-order valence-corrected chi connectivity index (χ1v) is 6.37. The molecule has 1 atom stereocenters. The Kier molecular flexibility index (Phi) is 4.28. The van der Waals surface area contributed by atoms with E-state index in [9.17, 15) is 0 Å². The SMILES string of the molecule is CSC(C)(C)CNc1nnc(C(C)Cl)o1. The van der Waals surface area contributed by atoms with Crippen LogP contribution in [-0.2, 0) is 0 Å². The smallest absolute Gasteiger partial charge is 0.315 e. The molecule has 1 aromatic heterocycles. The van der Waals surface area contributed by atoms with Crippen LogP contribution in [0.2, 0.25) is 0 Å². The molecule has 0 spiro atoms. The van der Waals surface area contributed by atoms with Crippen molar-refractivity contribution >= 4 is 29.4 Å². The van der Waals surface area contributed by atoms with Gasteiger partial charge in [-0.25, -0.2) is 0 Å². The van der Waals surface area contributed by atoms with Gasteiger partial charge in [-0.3, -0.25) is 0 Å². The van der Waals surface area contributed by atoms with E-state index < -0.39 is 0 Å². The Morgan fingerprint density at radius 3 is 2.67 bits per heavy atom. The van der Waals surface area contributed by atoms with Gasteiger partial charge in [0.1, 0.15) is 5.38 Å². The summed E-state index contributed by atoms with van der Waals surface area (Å²) >= 11 is 7.59. The first-order chi connectivity index (χ1) is 6.94. The minimum Gasteiger partial charge on any atom is -0.407 e. The van der Waals surface area contributed by atoms with Gasteiger partial charge in [0.05, 0.1) is 0 Å². The van der Waals surface area contributed by atoms with E-state index in [0.29, 0.717) is 11.9 Å². The van der Waals surface area contributed by atoms with Gasteiger partial charge >= 0.3 is 6.01 Å². The summed E-state index contributed by atoms with van der Waals surface area (Å²) in [4.78, 5) is 0. The minimum absolute atomic E-state index is 0.140. The summed E-state index contributed by atoms with van der Waals surface area (Å²) in [5, 5.41) is 10.5. The zero-order valence-corrected chi connectivity index (χ0v) is 10.9. The molecule has 1 rings (SSSR count). The van der Waals surface area contributed by atoms with E-state index in [1.807, 2.05) is 0 Å². The molecule has 86 valence electrons. The van der Waals surface area contributed by atoms with Gasteiger partial charge in [0, 0.05) is 11.3 Å². The molecule has 0 amide bonds. The molecule has 1 heterocycles. The van der Waals surface area contributed by atoms with Crippen LogP contribution >= 0.6 is 23.4 Å². The fourth-order valence-electron chi connectivity index (χ4n) is 0.827. The second-order valence-electron chi connectivity index (χ2n) is 3.88. The fraction of sp³-hybridized carbons (Fsp3) is 0.778. The van der Waals surface area contributed by atoms with E-state index in [2.05, 4.69) is 35.6 Å². The molecule has 0 aromatic carbocycles. The lowest BCUT2D eigenvalue weighted by Gasteiger charge is -2.21. The van der Waals surface area contributed by atoms with Crippen LogP contribution < -0.4 is 5.32 Å². The zero-order chi connectivity index (χ0) is 11.5. The Bertz CT molecular complexity index is 314. The van der Waals surface area contributed by atoms with Crippen LogP contribution in [0.15, 0.2) is 4.42 Å². The third-order valence-electron chi connectivity index (χ3n) is 2.00. The molecule has 0 aliphatic heterocycles. The Balaban J connectivity index is 2.51. The van der Waals surface area contributed by atoms with Gasteiger partial charge in [-0.1, -0.05) is 5.10 Å². The zero-order valence-electron chi connectivity index (χ0n) is 9.37. The van der Waals surface area contributed by atoms with Crippen LogP contribution in [0.3, 0.4) is 0 Å². The Hall–Kier alpha value is -0.420. The number of nitrogens with zero attached hydrogens (tertiary/aromatic N) is 2. The van der Waals surface area contributed by atoms with E-state index in [1.165, 1.54) is 0 Å². The van der Waals surface area contributed by atoms with Gasteiger partial charge in [0.15, 0.2) is 0 Å². The van der Waals surface area contributed by atoms with E-state index in [1.54, 1.807) is 18.7 Å². The van der Waals surface area contributed by atoms with Crippen molar-refractivity contribution in [3.63, 3.8) is 0 Å². The lowest BCUT2D eigenvalue weighted by Crippen LogP contribution is -2.25. The average Bonchev–Trinajstić information content (AvgIpc) is 2.63. The Labute approximate surface area is 99.2 Å². The first-order valence-electron chi connectivity index (χ1n) is 4.71. The number of hydrogen-bond donors (Lipinski definition) is 1. The Morgan fingerprint density at radius 2 is 2.20 bits per heavy atom. The number of halogens is 1. The van der Waals surface area contributed by atoms with Gasteiger partial charge in [-0.05, 0) is 27.0 Å². The standard InChI is InChI=1S/C9H16ClN3OS/c1-6(10)7-12-13-8(14-7)11-5-9(2,3)15-4/h6H,5H2,1-4H3,(H,11,13). The van der Waals surface area contributed by atoms with Crippen molar-refractivity contribution in [2.24, 2.45) is 0 Å². The van der Waals surface area contributed by atoms with Crippen LogP contribution in [0.5, 0.6) is 0 Å². The molecule has 1 aromatic rings. The van der Waals surface area contributed by atoms with Gasteiger partial charge in [-0.15, -0.1) is 16.7 Å². The molecule has 0 radical (unpaired) electrons. The van der Waals surface area contributed by atoms with Gasteiger partial charge in [0.2, 0.25) is 5.89 Å². The highest BCUT2D eigenvalue weighted by Crippen LogP contribution is 2.23. The summed E-state index contributed by atoms with van der Waals surface area (Å²) in [6.45, 7) is 6.86. The van der Waals surface area contributed by atoms with E-state index >= 15 is 0 Å². The largest absolute Gasteiger partial charge is 0.407 e. The van der Waals surface area contributed by atoms with Crippen molar-refractivity contribution in [2.45, 2.75) is 30.9 Å². The number of hydrogen-bond acceptors (Lipinski definition) is 5. The predicted molar refractivity (Wildman–Crippen MR) is 64.6 cm³/mol. The van der Waals surface area contributed by atoms with Crippen molar-refractivity contribution in [3.8, 4) is 0 Å². The van der Waals surface area contributed by atoms with Crippen LogP contribution in [0, 0.1) is 0 Å². The van der Waals surface area contributed by atoms with Crippen molar-refractivity contribution in [1.29, 1.82) is 0 Å². The number of alkyl halides is 1. The van der Waals surface area contributed by atoms with Crippen molar-refractivity contribution in [2.75, 3.05) is 18.1 Å². The lowest BCUT2D eigenvalue weighted by molar-refractivity contribution is 0.503. The highest BCUT2D eigenvalue weighted by molar-refractivity contribution is 7.99. The highest BCUT2D eigenvalue weighted by Gasteiger charge is 2.17. The summed E-state index contributed by atoms with van der Waals surface area (Å²) < 4.78 is 5.45. The van der Waals surface area contributed by atoms with Gasteiger partial charge < -0.3 is 9.73 Å². The number of rotatable bonds is 5. The number of anilines is 1. The molecule has 4 nitrogen and oxygen atoms in total. The maximum atomic E-state index is 5.81. The van der Waals surface area contributed by atoms with Crippen molar-refractivity contribution in [1.82, 2.24) is 10.2 Å². The monoisotopic (exact) mass is 249 g/mol. The summed E-state index contributed by atoms with van der Waals surface area (Å²) in [7, 11) is 0.